The molecule has 3 aromatic heterocycles. The Morgan fingerprint density at radius 3 is 2.92 bits per heavy atom. The van der Waals surface area contributed by atoms with Gasteiger partial charge in [-0.3, -0.25) is 4.79 Å². The number of nitrogens with zero attached hydrogens (tertiary/aromatic N) is 5. The first-order valence-corrected chi connectivity index (χ1v) is 9.53. The molecule has 136 valence electrons. The highest BCUT2D eigenvalue weighted by molar-refractivity contribution is 7.17. The molecule has 11 heteroatoms. The maximum atomic E-state index is 12.5. The van der Waals surface area contributed by atoms with Gasteiger partial charge in [0.25, 0.3) is 0 Å². The highest BCUT2D eigenvalue weighted by Gasteiger charge is 2.22. The zero-order valence-corrected chi connectivity index (χ0v) is 15.7. The summed E-state index contributed by atoms with van der Waals surface area (Å²) in [7, 11) is 0. The van der Waals surface area contributed by atoms with E-state index in [4.69, 9.17) is 4.74 Å². The standard InChI is InChI=1S/C15H16N6O3S2/c1-3-24-14(23)13-9(2)17-15(26-13)18-12(22)6-11(10-4-5-25-7-10)21-8-16-19-20-21/h4-5,7-8,11H,3,6H2,1-2H3,(H,17,18,22). The number of carbonyl (C=O) groups is 2. The number of carbonyl (C=O) groups excluding carboxylic acids is 2. The molecule has 0 fully saturated rings. The lowest BCUT2D eigenvalue weighted by Crippen LogP contribution is -2.20. The zero-order valence-electron chi connectivity index (χ0n) is 14.1. The average Bonchev–Trinajstić information content (AvgIpc) is 3.35. The fraction of sp³-hybridized carbons (Fsp3) is 0.333. The Kier molecular flexibility index (Phi) is 5.68. The molecule has 0 bridgehead atoms. The van der Waals surface area contributed by atoms with Crippen molar-refractivity contribution >= 4 is 39.7 Å². The van der Waals surface area contributed by atoms with Crippen LogP contribution >= 0.6 is 22.7 Å². The molecule has 1 unspecified atom stereocenters. The largest absolute Gasteiger partial charge is 0.462 e. The second-order valence-corrected chi connectivity index (χ2v) is 7.05. The first-order chi connectivity index (χ1) is 12.6. The third kappa shape index (κ3) is 4.11. The van der Waals surface area contributed by atoms with Crippen LogP contribution in [0, 0.1) is 6.92 Å². The van der Waals surface area contributed by atoms with Crippen molar-refractivity contribution in [3.63, 3.8) is 0 Å². The van der Waals surface area contributed by atoms with Gasteiger partial charge in [-0.05, 0) is 46.7 Å². The van der Waals surface area contributed by atoms with E-state index in [9.17, 15) is 9.59 Å². The third-order valence-electron chi connectivity index (χ3n) is 3.49. The Balaban J connectivity index is 1.71. The van der Waals surface area contributed by atoms with E-state index in [0.29, 0.717) is 15.7 Å². The number of rotatable bonds is 7. The van der Waals surface area contributed by atoms with Crippen molar-refractivity contribution in [1.82, 2.24) is 25.2 Å². The van der Waals surface area contributed by atoms with E-state index in [1.165, 1.54) is 17.7 Å². The maximum Gasteiger partial charge on any atom is 0.350 e. The van der Waals surface area contributed by atoms with E-state index in [0.717, 1.165) is 16.9 Å². The molecule has 0 aromatic carbocycles. The van der Waals surface area contributed by atoms with Gasteiger partial charge in [0.15, 0.2) is 5.13 Å². The summed E-state index contributed by atoms with van der Waals surface area (Å²) in [5, 5.41) is 18.2. The van der Waals surface area contributed by atoms with Crippen LogP contribution in [0.4, 0.5) is 5.13 Å². The minimum Gasteiger partial charge on any atom is -0.462 e. The number of aryl methyl sites for hydroxylation is 1. The van der Waals surface area contributed by atoms with Crippen LogP contribution in [0.2, 0.25) is 0 Å². The van der Waals surface area contributed by atoms with Crippen molar-refractivity contribution in [3.8, 4) is 0 Å². The molecule has 1 N–H and O–H groups in total. The zero-order chi connectivity index (χ0) is 18.5. The minimum absolute atomic E-state index is 0.134. The van der Waals surface area contributed by atoms with Gasteiger partial charge in [0, 0.05) is 0 Å². The third-order valence-corrected chi connectivity index (χ3v) is 5.25. The molecule has 3 heterocycles. The number of nitrogens with one attached hydrogen (secondary N) is 1. The van der Waals surface area contributed by atoms with Crippen LogP contribution < -0.4 is 5.32 Å². The number of esters is 1. The van der Waals surface area contributed by atoms with Gasteiger partial charge in [0.05, 0.1) is 24.8 Å². The molecule has 0 aliphatic carbocycles. The Morgan fingerprint density at radius 1 is 1.42 bits per heavy atom. The summed E-state index contributed by atoms with van der Waals surface area (Å²) in [5.41, 5.74) is 1.47. The van der Waals surface area contributed by atoms with Crippen LogP contribution in [0.25, 0.3) is 0 Å². The Bertz CT molecular complexity index is 841. The smallest absolute Gasteiger partial charge is 0.350 e. The lowest BCUT2D eigenvalue weighted by Gasteiger charge is -2.14. The van der Waals surface area contributed by atoms with E-state index < -0.39 is 5.97 Å². The summed E-state index contributed by atoms with van der Waals surface area (Å²) in [6, 6.07) is 1.61. The molecule has 26 heavy (non-hydrogen) atoms. The van der Waals surface area contributed by atoms with Crippen LogP contribution in [0.3, 0.4) is 0 Å². The van der Waals surface area contributed by atoms with Gasteiger partial charge in [0.2, 0.25) is 5.91 Å². The van der Waals surface area contributed by atoms with Gasteiger partial charge < -0.3 is 10.1 Å². The Labute approximate surface area is 157 Å². The van der Waals surface area contributed by atoms with Gasteiger partial charge in [-0.1, -0.05) is 11.3 Å². The first-order valence-electron chi connectivity index (χ1n) is 7.77. The van der Waals surface area contributed by atoms with Crippen molar-refractivity contribution in [3.05, 3.63) is 39.3 Å². The molecule has 1 amide bonds. The summed E-state index contributed by atoms with van der Waals surface area (Å²) in [6.07, 6.45) is 1.61. The normalized spacial score (nSPS) is 11.9. The predicted molar refractivity (Wildman–Crippen MR) is 96.3 cm³/mol. The van der Waals surface area contributed by atoms with Crippen LogP contribution in [0.15, 0.2) is 23.2 Å². The molecule has 1 atom stereocenters. The lowest BCUT2D eigenvalue weighted by molar-refractivity contribution is -0.116. The predicted octanol–water partition coefficient (Wildman–Crippen LogP) is 2.29. The molecule has 0 aliphatic rings. The molecular weight excluding hydrogens is 376 g/mol. The summed E-state index contributed by atoms with van der Waals surface area (Å²) in [5.74, 6) is -0.686. The fourth-order valence-electron chi connectivity index (χ4n) is 2.32. The number of ether oxygens (including phenoxy) is 1. The highest BCUT2D eigenvalue weighted by atomic mass is 32.1. The summed E-state index contributed by atoms with van der Waals surface area (Å²) in [4.78, 5) is 29.0. The van der Waals surface area contributed by atoms with E-state index >= 15 is 0 Å². The number of tetrazole rings is 1. The second-order valence-electron chi connectivity index (χ2n) is 5.27. The van der Waals surface area contributed by atoms with Crippen molar-refractivity contribution < 1.29 is 14.3 Å². The number of thiazole rings is 1. The van der Waals surface area contributed by atoms with Crippen molar-refractivity contribution in [2.75, 3.05) is 11.9 Å². The summed E-state index contributed by atoms with van der Waals surface area (Å²) >= 11 is 2.63. The van der Waals surface area contributed by atoms with Gasteiger partial charge in [-0.25, -0.2) is 14.5 Å². The number of hydrogen-bond acceptors (Lipinski definition) is 9. The topological polar surface area (TPSA) is 112 Å². The Hall–Kier alpha value is -2.66. The number of thiophene rings is 1. The van der Waals surface area contributed by atoms with Gasteiger partial charge >= 0.3 is 5.97 Å². The number of aromatic nitrogens is 5. The van der Waals surface area contributed by atoms with Gasteiger partial charge in [0.1, 0.15) is 11.2 Å². The van der Waals surface area contributed by atoms with Crippen molar-refractivity contribution in [2.45, 2.75) is 26.3 Å². The van der Waals surface area contributed by atoms with E-state index in [-0.39, 0.29) is 25.0 Å². The highest BCUT2D eigenvalue weighted by Crippen LogP contribution is 2.26. The number of anilines is 1. The van der Waals surface area contributed by atoms with Crippen LogP contribution in [0.1, 0.15) is 40.3 Å². The number of amides is 1. The van der Waals surface area contributed by atoms with E-state index in [1.54, 1.807) is 18.5 Å². The molecule has 9 nitrogen and oxygen atoms in total. The molecule has 3 aromatic rings. The summed E-state index contributed by atoms with van der Waals surface area (Å²) < 4.78 is 6.52. The maximum absolute atomic E-state index is 12.5. The van der Waals surface area contributed by atoms with Gasteiger partial charge in [-0.15, -0.1) is 5.10 Å². The second kappa shape index (κ2) is 8.15. The van der Waals surface area contributed by atoms with Crippen molar-refractivity contribution in [2.24, 2.45) is 0 Å². The number of hydrogen-bond donors (Lipinski definition) is 1. The molecular formula is C15H16N6O3S2. The van der Waals surface area contributed by atoms with Gasteiger partial charge in [-0.2, -0.15) is 11.3 Å². The molecule has 0 saturated carbocycles. The van der Waals surface area contributed by atoms with Crippen LogP contribution in [0.5, 0.6) is 0 Å². The SMILES string of the molecule is CCOC(=O)c1sc(NC(=O)CC(c2ccsc2)n2cnnn2)nc1C. The van der Waals surface area contributed by atoms with E-state index in [2.05, 4.69) is 25.8 Å². The Morgan fingerprint density at radius 2 is 2.27 bits per heavy atom. The van der Waals surface area contributed by atoms with E-state index in [1.807, 2.05) is 16.8 Å². The van der Waals surface area contributed by atoms with Crippen molar-refractivity contribution in [1.29, 1.82) is 0 Å². The first kappa shape index (κ1) is 18.1. The summed E-state index contributed by atoms with van der Waals surface area (Å²) in [6.45, 7) is 3.72. The van der Waals surface area contributed by atoms with Crippen LogP contribution in [-0.4, -0.2) is 43.7 Å². The minimum atomic E-state index is -0.437. The van der Waals surface area contributed by atoms with Crippen LogP contribution in [-0.2, 0) is 9.53 Å². The fourth-order valence-corrected chi connectivity index (χ4v) is 3.91. The monoisotopic (exact) mass is 392 g/mol. The molecule has 3 rings (SSSR count). The average molecular weight is 392 g/mol. The quantitative estimate of drug-likeness (QED) is 0.614. The molecule has 0 aliphatic heterocycles. The molecule has 0 spiro atoms. The molecule has 0 saturated heterocycles. The lowest BCUT2D eigenvalue weighted by atomic mass is 10.1. The molecule has 0 radical (unpaired) electrons.